The van der Waals surface area contributed by atoms with Crippen LogP contribution in [0.5, 0.6) is 0 Å². The van der Waals surface area contributed by atoms with Gasteiger partial charge in [-0.1, -0.05) is 6.92 Å². The third-order valence-corrected chi connectivity index (χ3v) is 1.78. The van der Waals surface area contributed by atoms with Crippen LogP contribution in [0.2, 0.25) is 0 Å². The molecule has 1 fully saturated rings. The number of nitriles is 1. The Morgan fingerprint density at radius 2 is 2.38 bits per heavy atom. The second-order valence-electron chi connectivity index (χ2n) is 2.84. The van der Waals surface area contributed by atoms with E-state index in [0.717, 1.165) is 19.3 Å². The van der Waals surface area contributed by atoms with Gasteiger partial charge in [0.05, 0.1) is 6.07 Å². The molecular weight excluding hydrogens is 98.1 g/mol. The molecule has 1 radical (unpaired) electrons. The molecule has 0 aromatic carbocycles. The van der Waals surface area contributed by atoms with E-state index in [1.54, 1.807) is 0 Å². The first-order valence-electron chi connectivity index (χ1n) is 2.95. The van der Waals surface area contributed by atoms with Crippen LogP contribution in [0.3, 0.4) is 0 Å². The minimum Gasteiger partial charge on any atom is -0.198 e. The van der Waals surface area contributed by atoms with Gasteiger partial charge in [-0.15, -0.1) is 0 Å². The molecule has 1 nitrogen and oxygen atoms in total. The van der Waals surface area contributed by atoms with Crippen LogP contribution in [0, 0.1) is 23.2 Å². The van der Waals surface area contributed by atoms with E-state index in [2.05, 4.69) is 19.4 Å². The molecule has 1 rings (SSSR count). The highest BCUT2D eigenvalue weighted by molar-refractivity contribution is 5.00. The van der Waals surface area contributed by atoms with Gasteiger partial charge in [-0.2, -0.15) is 5.26 Å². The van der Waals surface area contributed by atoms with E-state index in [1.165, 1.54) is 0 Å². The third-order valence-electron chi connectivity index (χ3n) is 1.78. The molecule has 0 saturated heterocycles. The SMILES string of the molecule is CC1(CC#N)C[CH]C1. The Hall–Kier alpha value is -0.510. The number of rotatable bonds is 1. The lowest BCUT2D eigenvalue weighted by Gasteiger charge is -2.35. The molecular formula is C7H10N. The number of hydrogen-bond acceptors (Lipinski definition) is 1. The molecule has 0 atom stereocenters. The summed E-state index contributed by atoms with van der Waals surface area (Å²) >= 11 is 0. The van der Waals surface area contributed by atoms with Gasteiger partial charge >= 0.3 is 0 Å². The van der Waals surface area contributed by atoms with Gasteiger partial charge in [0.1, 0.15) is 0 Å². The maximum absolute atomic E-state index is 8.30. The van der Waals surface area contributed by atoms with Crippen LogP contribution in [0.15, 0.2) is 0 Å². The van der Waals surface area contributed by atoms with Crippen molar-refractivity contribution in [1.29, 1.82) is 5.26 Å². The van der Waals surface area contributed by atoms with Crippen LogP contribution in [-0.2, 0) is 0 Å². The topological polar surface area (TPSA) is 23.8 Å². The molecule has 1 saturated carbocycles. The van der Waals surface area contributed by atoms with Gasteiger partial charge < -0.3 is 0 Å². The fourth-order valence-electron chi connectivity index (χ4n) is 0.972. The fourth-order valence-corrected chi connectivity index (χ4v) is 0.972. The van der Waals surface area contributed by atoms with Gasteiger partial charge in [0.15, 0.2) is 0 Å². The van der Waals surface area contributed by atoms with Crippen LogP contribution in [0.1, 0.15) is 26.2 Å². The van der Waals surface area contributed by atoms with Gasteiger partial charge in [-0.25, -0.2) is 0 Å². The van der Waals surface area contributed by atoms with Crippen LogP contribution in [0.4, 0.5) is 0 Å². The summed E-state index contributed by atoms with van der Waals surface area (Å²) in [4.78, 5) is 0. The Morgan fingerprint density at radius 3 is 2.50 bits per heavy atom. The summed E-state index contributed by atoms with van der Waals surface area (Å²) in [5.41, 5.74) is 0.356. The summed E-state index contributed by atoms with van der Waals surface area (Å²) in [5, 5.41) is 8.30. The van der Waals surface area contributed by atoms with Crippen LogP contribution >= 0.6 is 0 Å². The zero-order chi connectivity index (χ0) is 6.04. The van der Waals surface area contributed by atoms with Crippen molar-refractivity contribution >= 4 is 0 Å². The fraction of sp³-hybridized carbons (Fsp3) is 0.714. The lowest BCUT2D eigenvalue weighted by Crippen LogP contribution is -2.25. The highest BCUT2D eigenvalue weighted by atomic mass is 14.4. The number of hydrogen-bond donors (Lipinski definition) is 0. The first-order chi connectivity index (χ1) is 3.77. The Morgan fingerprint density at radius 1 is 1.75 bits per heavy atom. The average Bonchev–Trinajstić information content (AvgIpc) is 1.64. The molecule has 0 amide bonds. The minimum absolute atomic E-state index is 0.356. The first kappa shape index (κ1) is 5.62. The molecule has 0 aromatic heterocycles. The van der Waals surface area contributed by atoms with Gasteiger partial charge in [0.25, 0.3) is 0 Å². The maximum atomic E-state index is 8.30. The van der Waals surface area contributed by atoms with E-state index in [0.29, 0.717) is 5.41 Å². The van der Waals surface area contributed by atoms with E-state index < -0.39 is 0 Å². The number of nitrogens with zero attached hydrogens (tertiary/aromatic N) is 1. The molecule has 1 heteroatoms. The summed E-state index contributed by atoms with van der Waals surface area (Å²) in [6, 6.07) is 2.19. The molecule has 0 N–H and O–H groups in total. The van der Waals surface area contributed by atoms with E-state index in [4.69, 9.17) is 5.26 Å². The van der Waals surface area contributed by atoms with Gasteiger partial charge in [0, 0.05) is 6.42 Å². The average molecular weight is 108 g/mol. The molecule has 1 aliphatic rings. The van der Waals surface area contributed by atoms with Crippen LogP contribution in [0.25, 0.3) is 0 Å². The Labute approximate surface area is 50.3 Å². The maximum Gasteiger partial charge on any atom is 0.0627 e. The van der Waals surface area contributed by atoms with Crippen molar-refractivity contribution in [3.63, 3.8) is 0 Å². The van der Waals surface area contributed by atoms with Gasteiger partial charge in [-0.3, -0.25) is 0 Å². The summed E-state index contributed by atoms with van der Waals surface area (Å²) in [6.45, 7) is 2.16. The molecule has 8 heavy (non-hydrogen) atoms. The molecule has 43 valence electrons. The second kappa shape index (κ2) is 1.78. The second-order valence-corrected chi connectivity index (χ2v) is 2.84. The van der Waals surface area contributed by atoms with Crippen LogP contribution < -0.4 is 0 Å². The molecule has 1 aliphatic carbocycles. The highest BCUT2D eigenvalue weighted by Crippen LogP contribution is 2.41. The lowest BCUT2D eigenvalue weighted by molar-refractivity contribution is 0.238. The third kappa shape index (κ3) is 0.838. The normalized spacial score (nSPS) is 23.5. The highest BCUT2D eigenvalue weighted by Gasteiger charge is 2.31. The first-order valence-corrected chi connectivity index (χ1v) is 2.95. The molecule has 0 unspecified atom stereocenters. The summed E-state index contributed by atoms with van der Waals surface area (Å²) in [6.07, 6.45) is 5.24. The van der Waals surface area contributed by atoms with E-state index in [1.807, 2.05) is 0 Å². The predicted octanol–water partition coefficient (Wildman–Crippen LogP) is 1.90. The monoisotopic (exact) mass is 108 g/mol. The lowest BCUT2D eigenvalue weighted by atomic mass is 9.69. The molecule has 0 aromatic rings. The predicted molar refractivity (Wildman–Crippen MR) is 31.9 cm³/mol. The van der Waals surface area contributed by atoms with Crippen molar-refractivity contribution in [1.82, 2.24) is 0 Å². The largest absolute Gasteiger partial charge is 0.198 e. The van der Waals surface area contributed by atoms with E-state index in [9.17, 15) is 0 Å². The summed E-state index contributed by atoms with van der Waals surface area (Å²) in [7, 11) is 0. The van der Waals surface area contributed by atoms with Gasteiger partial charge in [0.2, 0.25) is 0 Å². The standard InChI is InChI=1S/C7H10N/c1-7(5-6-8)3-2-4-7/h2H,3-5H2,1H3. The van der Waals surface area contributed by atoms with Crippen molar-refractivity contribution in [3.8, 4) is 6.07 Å². The van der Waals surface area contributed by atoms with Crippen molar-refractivity contribution in [2.75, 3.05) is 0 Å². The minimum atomic E-state index is 0.356. The zero-order valence-corrected chi connectivity index (χ0v) is 5.15. The molecule has 0 bridgehead atoms. The van der Waals surface area contributed by atoms with Crippen LogP contribution in [-0.4, -0.2) is 0 Å². The molecule has 0 spiro atoms. The van der Waals surface area contributed by atoms with Crippen molar-refractivity contribution in [3.05, 3.63) is 6.42 Å². The smallest absolute Gasteiger partial charge is 0.0627 e. The summed E-state index contributed by atoms with van der Waals surface area (Å²) in [5.74, 6) is 0. The van der Waals surface area contributed by atoms with Crippen molar-refractivity contribution < 1.29 is 0 Å². The Bertz CT molecular complexity index is 117. The van der Waals surface area contributed by atoms with Crippen molar-refractivity contribution in [2.24, 2.45) is 5.41 Å². The van der Waals surface area contributed by atoms with E-state index in [-0.39, 0.29) is 0 Å². The van der Waals surface area contributed by atoms with Gasteiger partial charge in [-0.05, 0) is 24.7 Å². The zero-order valence-electron chi connectivity index (χ0n) is 5.15. The molecule has 0 aliphatic heterocycles. The Balaban J connectivity index is 2.33. The van der Waals surface area contributed by atoms with E-state index >= 15 is 0 Å². The quantitative estimate of drug-likeness (QED) is 0.503. The summed E-state index contributed by atoms with van der Waals surface area (Å²) < 4.78 is 0. The van der Waals surface area contributed by atoms with Crippen molar-refractivity contribution in [2.45, 2.75) is 26.2 Å². The molecule has 0 heterocycles. The Kier molecular flexibility index (Phi) is 1.25.